The molecule has 1 heterocycles. The van der Waals surface area contributed by atoms with Crippen LogP contribution in [0.3, 0.4) is 0 Å². The smallest absolute Gasteiger partial charge is 0.254 e. The van der Waals surface area contributed by atoms with Crippen molar-refractivity contribution in [2.75, 3.05) is 18.0 Å². The van der Waals surface area contributed by atoms with E-state index in [4.69, 9.17) is 5.73 Å². The molecule has 0 spiro atoms. The second-order valence-electron chi connectivity index (χ2n) is 4.55. The molecule has 0 atom stereocenters. The number of hydrogen-bond donors (Lipinski definition) is 1. The van der Waals surface area contributed by atoms with Gasteiger partial charge in [0.05, 0.1) is 0 Å². The topological polar surface area (TPSA) is 50.2 Å². The zero-order chi connectivity index (χ0) is 14.5. The van der Waals surface area contributed by atoms with Crippen LogP contribution in [-0.4, -0.2) is 19.0 Å². The number of nitrogens with two attached hydrogens (primary N) is 1. The number of aromatic nitrogens is 1. The van der Waals surface area contributed by atoms with E-state index in [1.54, 1.807) is 12.3 Å². The van der Waals surface area contributed by atoms with Gasteiger partial charge in [0.2, 0.25) is 5.69 Å². The van der Waals surface area contributed by atoms with E-state index >= 15 is 0 Å². The van der Waals surface area contributed by atoms with Crippen molar-refractivity contribution in [1.82, 2.24) is 0 Å². The predicted octanol–water partition coefficient (Wildman–Crippen LogP) is -1.09. The maximum atomic E-state index is 11.2. The first-order valence-electron chi connectivity index (χ1n) is 6.82. The van der Waals surface area contributed by atoms with Crippen LogP contribution in [0.25, 0.3) is 5.69 Å². The molecule has 0 saturated heterocycles. The number of halogens is 1. The molecule has 0 aliphatic heterocycles. The van der Waals surface area contributed by atoms with Gasteiger partial charge in [-0.05, 0) is 32.0 Å². The lowest BCUT2D eigenvalue weighted by molar-refractivity contribution is -0.595. The molecule has 0 aliphatic carbocycles. The maximum absolute atomic E-state index is 11.2. The molecule has 4 nitrogen and oxygen atoms in total. The van der Waals surface area contributed by atoms with Crippen LogP contribution in [0.2, 0.25) is 0 Å². The summed E-state index contributed by atoms with van der Waals surface area (Å²) in [5.41, 5.74) is 8.01. The van der Waals surface area contributed by atoms with Gasteiger partial charge in [-0.3, -0.25) is 4.79 Å². The minimum atomic E-state index is -0.417. The van der Waals surface area contributed by atoms with Crippen LogP contribution < -0.4 is 27.6 Å². The Balaban J connectivity index is 0.00000220. The van der Waals surface area contributed by atoms with Crippen LogP contribution in [0.5, 0.6) is 0 Å². The van der Waals surface area contributed by atoms with Gasteiger partial charge in [0.25, 0.3) is 5.91 Å². The first-order chi connectivity index (χ1) is 9.65. The van der Waals surface area contributed by atoms with Crippen molar-refractivity contribution in [1.29, 1.82) is 0 Å². The molecular formula is C16H20ClN3O. The van der Waals surface area contributed by atoms with Crippen LogP contribution in [0.1, 0.15) is 24.2 Å². The van der Waals surface area contributed by atoms with Crippen molar-refractivity contribution in [3.05, 3.63) is 54.4 Å². The predicted molar refractivity (Wildman–Crippen MR) is 80.1 cm³/mol. The monoisotopic (exact) mass is 305 g/mol. The summed E-state index contributed by atoms with van der Waals surface area (Å²) < 4.78 is 1.89. The Hall–Kier alpha value is -2.07. The number of nitrogens with zero attached hydrogens (tertiary/aromatic N) is 2. The normalized spacial score (nSPS) is 9.81. The Labute approximate surface area is 131 Å². The highest BCUT2D eigenvalue weighted by Gasteiger charge is 2.10. The molecule has 0 aliphatic rings. The van der Waals surface area contributed by atoms with Crippen LogP contribution >= 0.6 is 0 Å². The fraction of sp³-hybridized carbons (Fsp3) is 0.250. The van der Waals surface area contributed by atoms with Gasteiger partial charge in [-0.2, -0.15) is 4.57 Å². The summed E-state index contributed by atoms with van der Waals surface area (Å²) in [5.74, 6) is -0.417. The lowest BCUT2D eigenvalue weighted by Crippen LogP contribution is -3.00. The van der Waals surface area contributed by atoms with Gasteiger partial charge in [0, 0.05) is 37.0 Å². The second kappa shape index (κ2) is 7.64. The Morgan fingerprint density at radius 2 is 1.76 bits per heavy atom. The summed E-state index contributed by atoms with van der Waals surface area (Å²) in [4.78, 5) is 13.5. The number of carbonyl (C=O) groups excluding carboxylic acids is 1. The average Bonchev–Trinajstić information content (AvgIpc) is 2.49. The number of amides is 1. The van der Waals surface area contributed by atoms with Gasteiger partial charge in [-0.25, -0.2) is 0 Å². The number of pyridine rings is 1. The standard InChI is InChI=1S/C16H19N3O.ClH/c1-3-18(4-2)14-7-9-15(10-8-14)19-11-5-6-13(12-19)16(17)20;/h5-12H,3-4H2,1-2H3,(H-,17,20);1H. The number of benzene rings is 1. The highest BCUT2D eigenvalue weighted by atomic mass is 35.5. The molecule has 1 aromatic heterocycles. The molecule has 0 bridgehead atoms. The van der Waals surface area contributed by atoms with E-state index in [-0.39, 0.29) is 12.4 Å². The number of primary amides is 1. The van der Waals surface area contributed by atoms with Gasteiger partial charge >= 0.3 is 0 Å². The summed E-state index contributed by atoms with van der Waals surface area (Å²) in [5, 5.41) is 0. The summed E-state index contributed by atoms with van der Waals surface area (Å²) in [6.45, 7) is 6.26. The first kappa shape index (κ1) is 17.0. The zero-order valence-electron chi connectivity index (χ0n) is 12.3. The summed E-state index contributed by atoms with van der Waals surface area (Å²) in [6, 6.07) is 11.8. The highest BCUT2D eigenvalue weighted by molar-refractivity contribution is 5.92. The molecule has 1 amide bonds. The van der Waals surface area contributed by atoms with E-state index in [1.807, 2.05) is 29.0 Å². The number of rotatable bonds is 5. The lowest BCUT2D eigenvalue weighted by Gasteiger charge is -2.20. The van der Waals surface area contributed by atoms with Crippen molar-refractivity contribution in [3.8, 4) is 5.69 Å². The minimum Gasteiger partial charge on any atom is -1.00 e. The molecular weight excluding hydrogens is 286 g/mol. The van der Waals surface area contributed by atoms with Crippen molar-refractivity contribution < 1.29 is 21.8 Å². The van der Waals surface area contributed by atoms with Gasteiger partial charge in [-0.15, -0.1) is 0 Å². The third-order valence-electron chi connectivity index (χ3n) is 3.36. The summed E-state index contributed by atoms with van der Waals surface area (Å²) >= 11 is 0. The Morgan fingerprint density at radius 3 is 2.29 bits per heavy atom. The molecule has 2 rings (SSSR count). The van der Waals surface area contributed by atoms with E-state index in [2.05, 4.69) is 30.9 Å². The fourth-order valence-corrected chi connectivity index (χ4v) is 2.21. The largest absolute Gasteiger partial charge is 1.00 e. The van der Waals surface area contributed by atoms with E-state index in [0.717, 1.165) is 18.8 Å². The van der Waals surface area contributed by atoms with E-state index in [1.165, 1.54) is 5.69 Å². The van der Waals surface area contributed by atoms with Crippen molar-refractivity contribution in [3.63, 3.8) is 0 Å². The van der Waals surface area contributed by atoms with Gasteiger partial charge in [0.1, 0.15) is 5.56 Å². The Morgan fingerprint density at radius 1 is 1.14 bits per heavy atom. The molecule has 2 aromatic rings. The van der Waals surface area contributed by atoms with Gasteiger partial charge < -0.3 is 23.0 Å². The van der Waals surface area contributed by atoms with Gasteiger partial charge in [0.15, 0.2) is 12.4 Å². The van der Waals surface area contributed by atoms with Crippen LogP contribution in [-0.2, 0) is 0 Å². The van der Waals surface area contributed by atoms with Crippen LogP contribution in [0.4, 0.5) is 5.69 Å². The molecule has 1 aromatic carbocycles. The number of anilines is 1. The maximum Gasteiger partial charge on any atom is 0.254 e. The molecule has 0 saturated carbocycles. The number of hydrogen-bond acceptors (Lipinski definition) is 2. The molecule has 0 radical (unpaired) electrons. The fourth-order valence-electron chi connectivity index (χ4n) is 2.21. The molecule has 112 valence electrons. The first-order valence-corrected chi connectivity index (χ1v) is 6.82. The SMILES string of the molecule is CCN(CC)c1ccc(-[n+]2cccc(C(N)=O)c2)cc1.[Cl-]. The Bertz CT molecular complexity index is 595. The third kappa shape index (κ3) is 3.95. The lowest BCUT2D eigenvalue weighted by atomic mass is 10.2. The average molecular weight is 306 g/mol. The van der Waals surface area contributed by atoms with Crippen molar-refractivity contribution in [2.24, 2.45) is 5.73 Å². The zero-order valence-corrected chi connectivity index (χ0v) is 13.0. The number of carbonyl (C=O) groups is 1. The van der Waals surface area contributed by atoms with Crippen molar-refractivity contribution >= 4 is 11.6 Å². The van der Waals surface area contributed by atoms with E-state index in [0.29, 0.717) is 5.56 Å². The van der Waals surface area contributed by atoms with E-state index < -0.39 is 5.91 Å². The molecule has 0 unspecified atom stereocenters. The van der Waals surface area contributed by atoms with Crippen LogP contribution in [0, 0.1) is 0 Å². The van der Waals surface area contributed by atoms with Crippen LogP contribution in [0.15, 0.2) is 48.8 Å². The summed E-state index contributed by atoms with van der Waals surface area (Å²) in [6.07, 6.45) is 3.65. The second-order valence-corrected chi connectivity index (χ2v) is 4.55. The summed E-state index contributed by atoms with van der Waals surface area (Å²) in [7, 11) is 0. The molecule has 0 fully saturated rings. The molecule has 5 heteroatoms. The molecule has 2 N–H and O–H groups in total. The van der Waals surface area contributed by atoms with Gasteiger partial charge in [-0.1, -0.05) is 0 Å². The minimum absolute atomic E-state index is 0. The van der Waals surface area contributed by atoms with Crippen molar-refractivity contribution in [2.45, 2.75) is 13.8 Å². The van der Waals surface area contributed by atoms with E-state index in [9.17, 15) is 4.79 Å². The quantitative estimate of drug-likeness (QED) is 0.714. The molecule has 21 heavy (non-hydrogen) atoms. The third-order valence-corrected chi connectivity index (χ3v) is 3.36. The Kier molecular flexibility index (Phi) is 6.18. The highest BCUT2D eigenvalue weighted by Crippen LogP contribution is 2.14.